The molecule has 0 bridgehead atoms. The first-order valence-corrected chi connectivity index (χ1v) is 10.5. The quantitative estimate of drug-likeness (QED) is 0.335. The minimum atomic E-state index is -0.543. The second-order valence-corrected chi connectivity index (χ2v) is 7.54. The topological polar surface area (TPSA) is 47.6 Å². The van der Waals surface area contributed by atoms with Crippen LogP contribution in [0.4, 0.5) is 10.1 Å². The van der Waals surface area contributed by atoms with Gasteiger partial charge in [-0.15, -0.1) is 0 Å². The van der Waals surface area contributed by atoms with Gasteiger partial charge in [-0.05, 0) is 66.2 Å². The number of rotatable bonds is 7. The lowest BCUT2D eigenvalue weighted by atomic mass is 10.1. The van der Waals surface area contributed by atoms with Gasteiger partial charge in [0.05, 0.1) is 11.6 Å². The largest absolute Gasteiger partial charge is 0.493 e. The molecule has 0 heterocycles. The third-order valence-corrected chi connectivity index (χ3v) is 5.20. The van der Waals surface area contributed by atoms with Crippen molar-refractivity contribution in [1.29, 1.82) is 0 Å². The second kappa shape index (κ2) is 9.71. The molecule has 4 aromatic carbocycles. The molecule has 0 saturated carbocycles. The van der Waals surface area contributed by atoms with Gasteiger partial charge in [0.2, 0.25) is 0 Å². The van der Waals surface area contributed by atoms with Crippen LogP contribution >= 0.6 is 11.6 Å². The van der Waals surface area contributed by atoms with Crippen LogP contribution in [-0.2, 0) is 6.61 Å². The van der Waals surface area contributed by atoms with Crippen LogP contribution in [-0.4, -0.2) is 12.5 Å². The average Bonchev–Trinajstić information content (AvgIpc) is 2.80. The van der Waals surface area contributed by atoms with Crippen molar-refractivity contribution >= 4 is 34.0 Å². The molecule has 162 valence electrons. The van der Waals surface area contributed by atoms with E-state index in [9.17, 15) is 9.18 Å². The number of benzene rings is 4. The van der Waals surface area contributed by atoms with Crippen molar-refractivity contribution in [2.24, 2.45) is 0 Å². The summed E-state index contributed by atoms with van der Waals surface area (Å²) in [5.74, 6) is 0.484. The molecular formula is C26H21ClFNO3. The van der Waals surface area contributed by atoms with Crippen molar-refractivity contribution in [2.45, 2.75) is 13.5 Å². The van der Waals surface area contributed by atoms with Gasteiger partial charge in [0, 0.05) is 16.8 Å². The smallest absolute Gasteiger partial charge is 0.255 e. The number of hydrogen-bond acceptors (Lipinski definition) is 3. The fraction of sp³-hybridized carbons (Fsp3) is 0.115. The van der Waals surface area contributed by atoms with E-state index in [1.165, 1.54) is 18.2 Å². The van der Waals surface area contributed by atoms with Gasteiger partial charge < -0.3 is 14.8 Å². The standard InChI is InChI=1S/C26H21ClFNO3/c1-2-31-25-12-8-19(26(30)29-21-9-11-24(28)23(27)15-21)13-20(25)16-32-22-10-7-17-5-3-4-6-18(17)14-22/h3-15H,2,16H2,1H3,(H,29,30). The minimum absolute atomic E-state index is 0.0565. The van der Waals surface area contributed by atoms with Gasteiger partial charge in [0.25, 0.3) is 5.91 Å². The molecule has 4 nitrogen and oxygen atoms in total. The molecule has 0 unspecified atom stereocenters. The Morgan fingerprint density at radius 3 is 2.53 bits per heavy atom. The van der Waals surface area contributed by atoms with Crippen LogP contribution in [0.15, 0.2) is 78.9 Å². The van der Waals surface area contributed by atoms with Gasteiger partial charge in [-0.2, -0.15) is 0 Å². The first kappa shape index (κ1) is 21.7. The Balaban J connectivity index is 1.53. The molecule has 4 aromatic rings. The predicted octanol–water partition coefficient (Wildman–Crippen LogP) is 6.86. The normalized spacial score (nSPS) is 10.7. The Labute approximate surface area is 190 Å². The highest BCUT2D eigenvalue weighted by molar-refractivity contribution is 6.31. The van der Waals surface area contributed by atoms with Gasteiger partial charge >= 0.3 is 0 Å². The molecule has 1 amide bonds. The summed E-state index contributed by atoms with van der Waals surface area (Å²) in [7, 11) is 0. The van der Waals surface area contributed by atoms with E-state index in [2.05, 4.69) is 5.32 Å². The fourth-order valence-corrected chi connectivity index (χ4v) is 3.51. The van der Waals surface area contributed by atoms with Crippen molar-refractivity contribution in [3.8, 4) is 11.5 Å². The molecule has 0 spiro atoms. The lowest BCUT2D eigenvalue weighted by molar-refractivity contribution is 0.102. The summed E-state index contributed by atoms with van der Waals surface area (Å²) in [4.78, 5) is 12.7. The second-order valence-electron chi connectivity index (χ2n) is 7.14. The van der Waals surface area contributed by atoms with Crippen LogP contribution in [0.25, 0.3) is 10.8 Å². The SMILES string of the molecule is CCOc1ccc(C(=O)Nc2ccc(F)c(Cl)c2)cc1COc1ccc2ccccc2c1. The van der Waals surface area contributed by atoms with Crippen LogP contribution < -0.4 is 14.8 Å². The van der Waals surface area contributed by atoms with E-state index in [-0.39, 0.29) is 17.5 Å². The summed E-state index contributed by atoms with van der Waals surface area (Å²) in [5.41, 5.74) is 1.57. The number of anilines is 1. The van der Waals surface area contributed by atoms with Crippen molar-refractivity contribution < 1.29 is 18.7 Å². The van der Waals surface area contributed by atoms with Crippen LogP contribution in [0.5, 0.6) is 11.5 Å². The molecule has 32 heavy (non-hydrogen) atoms. The van der Waals surface area contributed by atoms with Gasteiger partial charge in [0.15, 0.2) is 0 Å². The Hall–Kier alpha value is -3.57. The molecule has 0 aromatic heterocycles. The highest BCUT2D eigenvalue weighted by Gasteiger charge is 2.13. The van der Waals surface area contributed by atoms with E-state index in [1.54, 1.807) is 18.2 Å². The Morgan fingerprint density at radius 2 is 1.75 bits per heavy atom. The number of halogens is 2. The van der Waals surface area contributed by atoms with Crippen LogP contribution in [0.1, 0.15) is 22.8 Å². The zero-order chi connectivity index (χ0) is 22.5. The first-order valence-electron chi connectivity index (χ1n) is 10.2. The van der Waals surface area contributed by atoms with Gasteiger partial charge in [-0.25, -0.2) is 4.39 Å². The monoisotopic (exact) mass is 449 g/mol. The van der Waals surface area contributed by atoms with E-state index >= 15 is 0 Å². The molecule has 0 aliphatic carbocycles. The zero-order valence-corrected chi connectivity index (χ0v) is 18.2. The number of amides is 1. The van der Waals surface area contributed by atoms with Crippen molar-refractivity contribution in [3.05, 3.63) is 101 Å². The maximum absolute atomic E-state index is 13.4. The lowest BCUT2D eigenvalue weighted by Crippen LogP contribution is -2.13. The molecule has 0 fully saturated rings. The van der Waals surface area contributed by atoms with Crippen molar-refractivity contribution in [1.82, 2.24) is 0 Å². The number of carbonyl (C=O) groups is 1. The number of carbonyl (C=O) groups excluding carboxylic acids is 1. The Kier molecular flexibility index (Phi) is 6.57. The van der Waals surface area contributed by atoms with E-state index < -0.39 is 5.82 Å². The molecule has 1 N–H and O–H groups in total. The van der Waals surface area contributed by atoms with Crippen molar-refractivity contribution in [2.75, 3.05) is 11.9 Å². The van der Waals surface area contributed by atoms with Crippen LogP contribution in [0.3, 0.4) is 0 Å². The van der Waals surface area contributed by atoms with Gasteiger partial charge in [-0.3, -0.25) is 4.79 Å². The van der Waals surface area contributed by atoms with E-state index in [1.807, 2.05) is 49.4 Å². The fourth-order valence-electron chi connectivity index (χ4n) is 3.33. The molecule has 0 radical (unpaired) electrons. The number of fused-ring (bicyclic) bond motifs is 1. The molecule has 0 atom stereocenters. The average molecular weight is 450 g/mol. The summed E-state index contributed by atoms with van der Waals surface area (Å²) in [6.45, 7) is 2.62. The number of nitrogens with one attached hydrogen (secondary N) is 1. The zero-order valence-electron chi connectivity index (χ0n) is 17.4. The highest BCUT2D eigenvalue weighted by atomic mass is 35.5. The van der Waals surface area contributed by atoms with Crippen LogP contribution in [0, 0.1) is 5.82 Å². The maximum atomic E-state index is 13.4. The van der Waals surface area contributed by atoms with E-state index in [0.29, 0.717) is 23.6 Å². The third kappa shape index (κ3) is 5.01. The summed E-state index contributed by atoms with van der Waals surface area (Å²) in [6.07, 6.45) is 0. The molecular weight excluding hydrogens is 429 g/mol. The number of hydrogen-bond donors (Lipinski definition) is 1. The third-order valence-electron chi connectivity index (χ3n) is 4.92. The van der Waals surface area contributed by atoms with Crippen molar-refractivity contribution in [3.63, 3.8) is 0 Å². The maximum Gasteiger partial charge on any atom is 0.255 e. The summed E-state index contributed by atoms with van der Waals surface area (Å²) in [6, 6.07) is 23.1. The predicted molar refractivity (Wildman–Crippen MR) is 125 cm³/mol. The summed E-state index contributed by atoms with van der Waals surface area (Å²) in [5, 5.41) is 4.89. The first-order chi connectivity index (χ1) is 15.5. The Morgan fingerprint density at radius 1 is 0.938 bits per heavy atom. The molecule has 6 heteroatoms. The van der Waals surface area contributed by atoms with E-state index in [0.717, 1.165) is 22.1 Å². The molecule has 4 rings (SSSR count). The van der Waals surface area contributed by atoms with Gasteiger partial charge in [-0.1, -0.05) is 41.9 Å². The Bertz CT molecular complexity index is 1280. The molecule has 0 aliphatic heterocycles. The number of ether oxygens (including phenoxy) is 2. The molecule has 0 saturated heterocycles. The van der Waals surface area contributed by atoms with E-state index in [4.69, 9.17) is 21.1 Å². The summed E-state index contributed by atoms with van der Waals surface area (Å²) < 4.78 is 25.1. The molecule has 0 aliphatic rings. The lowest BCUT2D eigenvalue weighted by Gasteiger charge is -2.14. The van der Waals surface area contributed by atoms with Crippen LogP contribution in [0.2, 0.25) is 5.02 Å². The minimum Gasteiger partial charge on any atom is -0.493 e. The van der Waals surface area contributed by atoms with Gasteiger partial charge in [0.1, 0.15) is 23.9 Å². The summed E-state index contributed by atoms with van der Waals surface area (Å²) >= 11 is 5.80. The highest BCUT2D eigenvalue weighted by Crippen LogP contribution is 2.26.